The minimum atomic E-state index is -3.67. The Kier molecular flexibility index (Phi) is 4.39. The maximum Gasteiger partial charge on any atom is 0.284 e. The minimum absolute atomic E-state index is 0.249. The maximum absolute atomic E-state index is 12.4. The Morgan fingerprint density at radius 2 is 1.70 bits per heavy atom. The molecule has 0 fully saturated rings. The van der Waals surface area contributed by atoms with E-state index in [1.165, 1.54) is 6.34 Å². The molecule has 0 spiro atoms. The monoisotopic (exact) mass is 290 g/mol. The lowest BCUT2D eigenvalue weighted by Gasteiger charge is -2.13. The third-order valence-corrected chi connectivity index (χ3v) is 4.47. The lowest BCUT2D eigenvalue weighted by atomic mass is 10.1. The zero-order chi connectivity index (χ0) is 14.6. The Bertz CT molecular complexity index is 714. The van der Waals surface area contributed by atoms with Crippen LogP contribution in [0.25, 0.3) is 10.8 Å². The predicted octanol–water partition coefficient (Wildman–Crippen LogP) is 2.90. The Labute approximate surface area is 119 Å². The van der Waals surface area contributed by atoms with Crippen molar-refractivity contribution >= 4 is 27.1 Å². The largest absolute Gasteiger partial charge is 0.362 e. The maximum atomic E-state index is 12.4. The fraction of sp³-hybridized carbons (Fsp3) is 0.267. The number of hydrogen-bond acceptors (Lipinski definition) is 2. The van der Waals surface area contributed by atoms with Gasteiger partial charge in [0.2, 0.25) is 0 Å². The van der Waals surface area contributed by atoms with Gasteiger partial charge in [-0.25, -0.2) is 0 Å². The van der Waals surface area contributed by atoms with Crippen molar-refractivity contribution in [2.45, 2.75) is 18.7 Å². The lowest BCUT2D eigenvalue weighted by molar-refractivity contribution is 0.480. The molecule has 20 heavy (non-hydrogen) atoms. The molecule has 5 heteroatoms. The molecule has 0 saturated carbocycles. The highest BCUT2D eigenvalue weighted by Gasteiger charge is 2.15. The van der Waals surface area contributed by atoms with E-state index < -0.39 is 10.0 Å². The molecule has 0 aliphatic rings. The van der Waals surface area contributed by atoms with Crippen molar-refractivity contribution in [2.75, 3.05) is 13.1 Å². The predicted molar refractivity (Wildman–Crippen MR) is 82.5 cm³/mol. The van der Waals surface area contributed by atoms with E-state index in [2.05, 4.69) is 4.40 Å². The molecule has 0 N–H and O–H groups in total. The first-order valence-electron chi connectivity index (χ1n) is 6.60. The first-order valence-corrected chi connectivity index (χ1v) is 8.04. The Morgan fingerprint density at radius 1 is 1.05 bits per heavy atom. The third-order valence-electron chi connectivity index (χ3n) is 3.19. The molecule has 0 aliphatic heterocycles. The summed E-state index contributed by atoms with van der Waals surface area (Å²) < 4.78 is 28.5. The average Bonchev–Trinajstić information content (AvgIpc) is 2.47. The van der Waals surface area contributed by atoms with Crippen LogP contribution in [0.3, 0.4) is 0 Å². The Morgan fingerprint density at radius 3 is 2.40 bits per heavy atom. The number of rotatable bonds is 5. The van der Waals surface area contributed by atoms with Gasteiger partial charge in [0.05, 0.1) is 4.90 Å². The second-order valence-electron chi connectivity index (χ2n) is 4.39. The topological polar surface area (TPSA) is 49.7 Å². The fourth-order valence-corrected chi connectivity index (χ4v) is 3.08. The summed E-state index contributed by atoms with van der Waals surface area (Å²) in [5, 5.41) is 1.60. The van der Waals surface area contributed by atoms with Crippen LogP contribution < -0.4 is 0 Å². The standard InChI is InChI=1S/C15H18N2O2S/c1-3-17(4-2)12-16-20(18,19)15-11-7-9-13-8-5-6-10-14(13)15/h5-12H,3-4H2,1-2H3/b16-12+. The van der Waals surface area contributed by atoms with E-state index in [1.54, 1.807) is 18.2 Å². The van der Waals surface area contributed by atoms with Gasteiger partial charge < -0.3 is 4.90 Å². The number of benzene rings is 2. The number of sulfonamides is 1. The van der Waals surface area contributed by atoms with Gasteiger partial charge in [-0.3, -0.25) is 0 Å². The highest BCUT2D eigenvalue weighted by molar-refractivity contribution is 7.90. The molecule has 0 aromatic heterocycles. The molecule has 0 atom stereocenters. The number of nitrogens with zero attached hydrogens (tertiary/aromatic N) is 2. The quantitative estimate of drug-likeness (QED) is 0.628. The van der Waals surface area contributed by atoms with E-state index >= 15 is 0 Å². The molecule has 2 aromatic rings. The van der Waals surface area contributed by atoms with Crippen LogP contribution in [0, 0.1) is 0 Å². The van der Waals surface area contributed by atoms with Gasteiger partial charge in [-0.05, 0) is 25.3 Å². The van der Waals surface area contributed by atoms with E-state index in [-0.39, 0.29) is 4.90 Å². The lowest BCUT2D eigenvalue weighted by Crippen LogP contribution is -2.21. The molecule has 0 radical (unpaired) electrons. The van der Waals surface area contributed by atoms with Crippen molar-refractivity contribution in [3.63, 3.8) is 0 Å². The summed E-state index contributed by atoms with van der Waals surface area (Å²) in [6.07, 6.45) is 1.40. The van der Waals surface area contributed by atoms with Gasteiger partial charge in [0.25, 0.3) is 10.0 Å². The third kappa shape index (κ3) is 2.99. The van der Waals surface area contributed by atoms with Crippen LogP contribution in [0.5, 0.6) is 0 Å². The van der Waals surface area contributed by atoms with Gasteiger partial charge in [0.15, 0.2) is 0 Å². The number of fused-ring (bicyclic) bond motifs is 1. The summed E-state index contributed by atoms with van der Waals surface area (Å²) >= 11 is 0. The second-order valence-corrected chi connectivity index (χ2v) is 6.00. The summed E-state index contributed by atoms with van der Waals surface area (Å²) in [6.45, 7) is 5.37. The molecule has 106 valence electrons. The zero-order valence-corrected chi connectivity index (χ0v) is 12.5. The molecule has 0 unspecified atom stereocenters. The molecule has 0 heterocycles. The van der Waals surface area contributed by atoms with Crippen molar-refractivity contribution in [3.8, 4) is 0 Å². The summed E-state index contributed by atoms with van der Waals surface area (Å²) in [7, 11) is -3.67. The fourth-order valence-electron chi connectivity index (χ4n) is 1.99. The molecular weight excluding hydrogens is 272 g/mol. The van der Waals surface area contributed by atoms with Crippen molar-refractivity contribution in [3.05, 3.63) is 42.5 Å². The van der Waals surface area contributed by atoms with Gasteiger partial charge >= 0.3 is 0 Å². The van der Waals surface area contributed by atoms with Crippen LogP contribution in [0.1, 0.15) is 13.8 Å². The van der Waals surface area contributed by atoms with E-state index in [9.17, 15) is 8.42 Å². The average molecular weight is 290 g/mol. The van der Waals surface area contributed by atoms with E-state index in [0.29, 0.717) is 5.39 Å². The first kappa shape index (κ1) is 14.5. The zero-order valence-electron chi connectivity index (χ0n) is 11.7. The molecule has 2 aromatic carbocycles. The van der Waals surface area contributed by atoms with Crippen molar-refractivity contribution in [2.24, 2.45) is 4.40 Å². The molecule has 2 rings (SSSR count). The summed E-state index contributed by atoms with van der Waals surface area (Å²) in [5.41, 5.74) is 0. The first-order chi connectivity index (χ1) is 9.58. The number of hydrogen-bond donors (Lipinski definition) is 0. The van der Waals surface area contributed by atoms with Crippen LogP contribution in [0.4, 0.5) is 0 Å². The second kappa shape index (κ2) is 6.05. The Balaban J connectivity index is 2.47. The van der Waals surface area contributed by atoms with Crippen LogP contribution >= 0.6 is 0 Å². The van der Waals surface area contributed by atoms with Gasteiger partial charge in [0.1, 0.15) is 6.34 Å². The van der Waals surface area contributed by atoms with Crippen LogP contribution in [-0.2, 0) is 10.0 Å². The molecule has 0 saturated heterocycles. The summed E-state index contributed by atoms with van der Waals surface area (Å²) in [4.78, 5) is 2.09. The van der Waals surface area contributed by atoms with Crippen molar-refractivity contribution in [1.29, 1.82) is 0 Å². The minimum Gasteiger partial charge on any atom is -0.362 e. The van der Waals surface area contributed by atoms with Crippen LogP contribution in [0.15, 0.2) is 51.8 Å². The SMILES string of the molecule is CCN(/C=N/S(=O)(=O)c1cccc2ccccc12)CC. The molecule has 0 bridgehead atoms. The van der Waals surface area contributed by atoms with Crippen LogP contribution in [-0.4, -0.2) is 32.7 Å². The van der Waals surface area contributed by atoms with Gasteiger partial charge in [-0.1, -0.05) is 36.4 Å². The van der Waals surface area contributed by atoms with Crippen molar-refractivity contribution < 1.29 is 8.42 Å². The van der Waals surface area contributed by atoms with Gasteiger partial charge in [-0.15, -0.1) is 4.40 Å². The normalized spacial score (nSPS) is 12.1. The van der Waals surface area contributed by atoms with Gasteiger partial charge in [0, 0.05) is 18.5 Å². The smallest absolute Gasteiger partial charge is 0.284 e. The highest BCUT2D eigenvalue weighted by atomic mass is 32.2. The summed E-state index contributed by atoms with van der Waals surface area (Å²) in [5.74, 6) is 0. The van der Waals surface area contributed by atoms with Crippen molar-refractivity contribution in [1.82, 2.24) is 4.90 Å². The molecule has 0 aliphatic carbocycles. The van der Waals surface area contributed by atoms with E-state index in [4.69, 9.17) is 0 Å². The molecule has 4 nitrogen and oxygen atoms in total. The van der Waals surface area contributed by atoms with E-state index in [1.807, 2.05) is 43.0 Å². The van der Waals surface area contributed by atoms with E-state index in [0.717, 1.165) is 18.5 Å². The molecular formula is C15H18N2O2S. The van der Waals surface area contributed by atoms with Gasteiger partial charge in [-0.2, -0.15) is 8.42 Å². The highest BCUT2D eigenvalue weighted by Crippen LogP contribution is 2.24. The van der Waals surface area contributed by atoms with Crippen LogP contribution in [0.2, 0.25) is 0 Å². The summed E-state index contributed by atoms with van der Waals surface area (Å²) in [6, 6.07) is 12.6. The Hall–Kier alpha value is -1.88. The molecule has 0 amide bonds.